The van der Waals surface area contributed by atoms with E-state index in [1.807, 2.05) is 0 Å². The molecule has 102 valence electrons. The Morgan fingerprint density at radius 3 is 2.11 bits per heavy atom. The molecule has 0 saturated heterocycles. The lowest BCUT2D eigenvalue weighted by molar-refractivity contribution is -0.131. The van der Waals surface area contributed by atoms with Crippen molar-refractivity contribution < 1.29 is 19.2 Å². The molecule has 0 bridgehead atoms. The number of primary amides is 1. The van der Waals surface area contributed by atoms with E-state index in [-0.39, 0.29) is 24.5 Å². The van der Waals surface area contributed by atoms with Crippen LogP contribution in [-0.2, 0) is 19.2 Å². The molecule has 0 aromatic heterocycles. The number of Topliss-reactive ketones (excluding diaryl/α,β-unsaturated/α-hetero) is 1. The molecule has 0 aliphatic rings. The summed E-state index contributed by atoms with van der Waals surface area (Å²) in [5.74, 6) is -1.85. The molecule has 0 rings (SSSR count). The largest absolute Gasteiger partial charge is 0.370 e. The highest BCUT2D eigenvalue weighted by Gasteiger charge is 2.22. The lowest BCUT2D eigenvalue weighted by Gasteiger charge is -2.18. The van der Waals surface area contributed by atoms with Gasteiger partial charge in [-0.2, -0.15) is 0 Å². The Labute approximate surface area is 105 Å². The Kier molecular flexibility index (Phi) is 6.62. The van der Waals surface area contributed by atoms with Crippen molar-refractivity contribution in [1.82, 2.24) is 10.6 Å². The average molecular weight is 257 g/mol. The van der Waals surface area contributed by atoms with Crippen LogP contribution in [0, 0.1) is 0 Å². The minimum absolute atomic E-state index is 0.254. The molecule has 2 unspecified atom stereocenters. The smallest absolute Gasteiger partial charge is 0.242 e. The van der Waals surface area contributed by atoms with Gasteiger partial charge in [0.2, 0.25) is 17.7 Å². The zero-order valence-corrected chi connectivity index (χ0v) is 10.8. The number of amides is 3. The number of carbonyl (C=O) groups is 4. The van der Waals surface area contributed by atoms with Gasteiger partial charge in [-0.1, -0.05) is 6.92 Å². The topological polar surface area (TPSA) is 118 Å². The van der Waals surface area contributed by atoms with Crippen LogP contribution in [-0.4, -0.2) is 35.6 Å². The minimum Gasteiger partial charge on any atom is -0.370 e. The molecule has 0 fully saturated rings. The molecule has 0 radical (unpaired) electrons. The monoisotopic (exact) mass is 257 g/mol. The molecule has 7 heteroatoms. The summed E-state index contributed by atoms with van der Waals surface area (Å²) in [5, 5.41) is 4.82. The standard InChI is InChI=1S/C11H19N3O4/c1-4-10(17)13-6(2)11(18)14-8(7(3)15)5-9(12)16/h6,8H,4-5H2,1-3H3,(H2,12,16)(H,13,17)(H,14,18). The molecule has 0 saturated carbocycles. The van der Waals surface area contributed by atoms with Crippen molar-refractivity contribution in [2.45, 2.75) is 45.7 Å². The Bertz CT molecular complexity index is 354. The van der Waals surface area contributed by atoms with Gasteiger partial charge in [-0.25, -0.2) is 0 Å². The molecule has 2 atom stereocenters. The summed E-state index contributed by atoms with van der Waals surface area (Å²) in [4.78, 5) is 44.7. The van der Waals surface area contributed by atoms with Gasteiger partial charge >= 0.3 is 0 Å². The maximum Gasteiger partial charge on any atom is 0.242 e. The Morgan fingerprint density at radius 2 is 1.72 bits per heavy atom. The van der Waals surface area contributed by atoms with Gasteiger partial charge in [-0.15, -0.1) is 0 Å². The highest BCUT2D eigenvalue weighted by atomic mass is 16.2. The van der Waals surface area contributed by atoms with Gasteiger partial charge in [0.25, 0.3) is 0 Å². The van der Waals surface area contributed by atoms with Crippen LogP contribution < -0.4 is 16.4 Å². The highest BCUT2D eigenvalue weighted by Crippen LogP contribution is 1.95. The summed E-state index contributed by atoms with van der Waals surface area (Å²) in [6.45, 7) is 4.40. The van der Waals surface area contributed by atoms with Gasteiger partial charge in [0.1, 0.15) is 6.04 Å². The van der Waals surface area contributed by atoms with E-state index < -0.39 is 23.9 Å². The van der Waals surface area contributed by atoms with Crippen molar-refractivity contribution in [3.8, 4) is 0 Å². The van der Waals surface area contributed by atoms with Crippen molar-refractivity contribution >= 4 is 23.5 Å². The molecule has 0 aromatic rings. The van der Waals surface area contributed by atoms with Crippen LogP contribution in [0.5, 0.6) is 0 Å². The van der Waals surface area contributed by atoms with E-state index in [9.17, 15) is 19.2 Å². The zero-order chi connectivity index (χ0) is 14.3. The first-order valence-corrected chi connectivity index (χ1v) is 5.66. The van der Waals surface area contributed by atoms with Crippen molar-refractivity contribution in [3.05, 3.63) is 0 Å². The molecule has 0 aromatic carbocycles. The lowest BCUT2D eigenvalue weighted by Crippen LogP contribution is -2.50. The molecule has 0 aliphatic heterocycles. The second-order valence-electron chi connectivity index (χ2n) is 3.99. The summed E-state index contributed by atoms with van der Waals surface area (Å²) in [6, 6.07) is -1.72. The van der Waals surface area contributed by atoms with E-state index in [0.29, 0.717) is 0 Å². The first kappa shape index (κ1) is 16.1. The fourth-order valence-corrected chi connectivity index (χ4v) is 1.20. The van der Waals surface area contributed by atoms with Crippen molar-refractivity contribution in [2.75, 3.05) is 0 Å². The van der Waals surface area contributed by atoms with Gasteiger partial charge < -0.3 is 16.4 Å². The number of nitrogens with one attached hydrogen (secondary N) is 2. The van der Waals surface area contributed by atoms with Crippen LogP contribution in [0.1, 0.15) is 33.6 Å². The predicted octanol–water partition coefficient (Wildman–Crippen LogP) is -1.15. The van der Waals surface area contributed by atoms with E-state index in [1.54, 1.807) is 6.92 Å². The number of carbonyl (C=O) groups excluding carboxylic acids is 4. The normalized spacial score (nSPS) is 13.3. The van der Waals surface area contributed by atoms with Crippen LogP contribution in [0.3, 0.4) is 0 Å². The number of hydrogen-bond donors (Lipinski definition) is 3. The van der Waals surface area contributed by atoms with Gasteiger partial charge in [-0.3, -0.25) is 19.2 Å². The second kappa shape index (κ2) is 7.41. The van der Waals surface area contributed by atoms with Gasteiger partial charge in [0.05, 0.1) is 12.5 Å². The third-order valence-corrected chi connectivity index (χ3v) is 2.30. The number of rotatable bonds is 7. The molecule has 3 amide bonds. The van der Waals surface area contributed by atoms with E-state index in [0.717, 1.165) is 0 Å². The fourth-order valence-electron chi connectivity index (χ4n) is 1.20. The Balaban J connectivity index is 4.45. The summed E-state index contributed by atoms with van der Waals surface area (Å²) in [7, 11) is 0. The summed E-state index contributed by atoms with van der Waals surface area (Å²) < 4.78 is 0. The van der Waals surface area contributed by atoms with Crippen molar-refractivity contribution in [1.29, 1.82) is 0 Å². The number of hydrogen-bond acceptors (Lipinski definition) is 4. The number of ketones is 1. The number of nitrogens with two attached hydrogens (primary N) is 1. The average Bonchev–Trinajstić information content (AvgIpc) is 2.26. The molecular weight excluding hydrogens is 238 g/mol. The summed E-state index contributed by atoms with van der Waals surface area (Å²) in [6.07, 6.45) is 0.00452. The van der Waals surface area contributed by atoms with Gasteiger partial charge in [0, 0.05) is 6.42 Å². The van der Waals surface area contributed by atoms with Crippen LogP contribution in [0.25, 0.3) is 0 Å². The molecule has 0 spiro atoms. The van der Waals surface area contributed by atoms with Crippen molar-refractivity contribution in [2.24, 2.45) is 5.73 Å². The third kappa shape index (κ3) is 5.97. The van der Waals surface area contributed by atoms with E-state index in [1.165, 1.54) is 13.8 Å². The van der Waals surface area contributed by atoms with Gasteiger partial charge in [-0.05, 0) is 13.8 Å². The van der Waals surface area contributed by atoms with Gasteiger partial charge in [0.15, 0.2) is 5.78 Å². The molecule has 18 heavy (non-hydrogen) atoms. The molecule has 0 heterocycles. The Hall–Kier alpha value is -1.92. The van der Waals surface area contributed by atoms with Crippen LogP contribution in [0.15, 0.2) is 0 Å². The van der Waals surface area contributed by atoms with E-state index in [2.05, 4.69) is 10.6 Å². The molecule has 4 N–H and O–H groups in total. The van der Waals surface area contributed by atoms with Crippen molar-refractivity contribution in [3.63, 3.8) is 0 Å². The predicted molar refractivity (Wildman–Crippen MR) is 64.3 cm³/mol. The molecular formula is C11H19N3O4. The lowest BCUT2D eigenvalue weighted by atomic mass is 10.1. The molecule has 0 aliphatic carbocycles. The minimum atomic E-state index is -0.948. The summed E-state index contributed by atoms with van der Waals surface area (Å²) in [5.41, 5.74) is 4.97. The quantitative estimate of drug-likeness (QED) is 0.533. The third-order valence-electron chi connectivity index (χ3n) is 2.30. The SMILES string of the molecule is CCC(=O)NC(C)C(=O)NC(CC(N)=O)C(C)=O. The second-order valence-corrected chi connectivity index (χ2v) is 3.99. The maximum absolute atomic E-state index is 11.7. The summed E-state index contributed by atoms with van der Waals surface area (Å²) >= 11 is 0. The Morgan fingerprint density at radius 1 is 1.17 bits per heavy atom. The zero-order valence-electron chi connectivity index (χ0n) is 10.8. The fraction of sp³-hybridized carbons (Fsp3) is 0.636. The van der Waals surface area contributed by atoms with E-state index >= 15 is 0 Å². The molecule has 7 nitrogen and oxygen atoms in total. The van der Waals surface area contributed by atoms with Crippen LogP contribution >= 0.6 is 0 Å². The van der Waals surface area contributed by atoms with E-state index in [4.69, 9.17) is 5.73 Å². The van der Waals surface area contributed by atoms with Crippen LogP contribution in [0.4, 0.5) is 0 Å². The maximum atomic E-state index is 11.7. The first-order chi connectivity index (χ1) is 8.27. The highest BCUT2D eigenvalue weighted by molar-refractivity contribution is 5.94. The first-order valence-electron chi connectivity index (χ1n) is 5.66. The van der Waals surface area contributed by atoms with Crippen LogP contribution in [0.2, 0.25) is 0 Å².